The molecule has 3 heteroatoms. The normalized spacial score (nSPS) is 10.8. The van der Waals surface area contributed by atoms with E-state index in [2.05, 4.69) is 36.4 Å². The van der Waals surface area contributed by atoms with Crippen molar-refractivity contribution in [1.82, 2.24) is 0 Å². The molecule has 0 aliphatic carbocycles. The van der Waals surface area contributed by atoms with Gasteiger partial charge >= 0.3 is 139 Å². The van der Waals surface area contributed by atoms with E-state index in [9.17, 15) is 0 Å². The van der Waals surface area contributed by atoms with E-state index in [-0.39, 0.29) is 0 Å². The van der Waals surface area contributed by atoms with Crippen molar-refractivity contribution in [3.05, 3.63) is 88.9 Å². The molecule has 105 valence electrons. The monoisotopic (exact) mass is 379 g/mol. The molecule has 0 aliphatic heterocycles. The van der Waals surface area contributed by atoms with Gasteiger partial charge in [-0.3, -0.25) is 0 Å². The molecule has 0 nitrogen and oxygen atoms in total. The van der Waals surface area contributed by atoms with Crippen molar-refractivity contribution in [1.29, 1.82) is 0 Å². The van der Waals surface area contributed by atoms with Crippen LogP contribution in [0.3, 0.4) is 0 Å². The second-order valence-corrected chi connectivity index (χ2v) is 9.41. The van der Waals surface area contributed by atoms with Crippen molar-refractivity contribution < 1.29 is 0 Å². The van der Waals surface area contributed by atoms with Gasteiger partial charge in [0.2, 0.25) is 0 Å². The Balaban J connectivity index is 2.22. The Morgan fingerprint density at radius 1 is 0.524 bits per heavy atom. The molecular weight excluding hydrogens is 366 g/mol. The van der Waals surface area contributed by atoms with Crippen LogP contribution in [0.1, 0.15) is 0 Å². The summed E-state index contributed by atoms with van der Waals surface area (Å²) in [4.78, 5) is 0. The SMILES string of the molecule is Clc1ccccc1[Se](c1ccccc1)c1ccccc1Cl. The van der Waals surface area contributed by atoms with Gasteiger partial charge in [-0.25, -0.2) is 0 Å². The van der Waals surface area contributed by atoms with Gasteiger partial charge in [0.15, 0.2) is 0 Å². The summed E-state index contributed by atoms with van der Waals surface area (Å²) in [5.74, 6) is 0. The minimum absolute atomic E-state index is 0.811. The van der Waals surface area contributed by atoms with Gasteiger partial charge in [-0.15, -0.1) is 0 Å². The van der Waals surface area contributed by atoms with E-state index in [4.69, 9.17) is 23.2 Å². The zero-order valence-electron chi connectivity index (χ0n) is 11.2. The number of benzene rings is 3. The third-order valence-corrected chi connectivity index (χ3v) is 9.16. The van der Waals surface area contributed by atoms with E-state index < -0.39 is 13.9 Å². The molecule has 0 N–H and O–H groups in total. The maximum atomic E-state index is 6.46. The molecule has 0 saturated carbocycles. The topological polar surface area (TPSA) is 0 Å². The van der Waals surface area contributed by atoms with Gasteiger partial charge in [0.25, 0.3) is 0 Å². The van der Waals surface area contributed by atoms with Crippen LogP contribution in [0.25, 0.3) is 0 Å². The molecule has 21 heavy (non-hydrogen) atoms. The number of rotatable bonds is 3. The summed E-state index contributed by atoms with van der Waals surface area (Å²) in [7, 11) is 0. The van der Waals surface area contributed by atoms with Gasteiger partial charge in [-0.1, -0.05) is 0 Å². The quantitative estimate of drug-likeness (QED) is 0.612. The first-order chi connectivity index (χ1) is 10.3. The summed E-state index contributed by atoms with van der Waals surface area (Å²) in [6.07, 6.45) is 0. The van der Waals surface area contributed by atoms with Crippen LogP contribution in [0, 0.1) is 0 Å². The molecule has 0 unspecified atom stereocenters. The molecule has 0 atom stereocenters. The molecule has 0 saturated heterocycles. The van der Waals surface area contributed by atoms with Gasteiger partial charge in [-0.2, -0.15) is 0 Å². The number of halogens is 2. The van der Waals surface area contributed by atoms with Crippen LogP contribution >= 0.6 is 23.2 Å². The molecule has 1 radical (unpaired) electrons. The van der Waals surface area contributed by atoms with Gasteiger partial charge in [0.05, 0.1) is 0 Å². The van der Waals surface area contributed by atoms with Crippen molar-refractivity contribution in [3.8, 4) is 0 Å². The molecule has 0 fully saturated rings. The average molecular weight is 379 g/mol. The summed E-state index contributed by atoms with van der Waals surface area (Å²) in [6, 6.07) is 26.6. The predicted octanol–water partition coefficient (Wildman–Crippen LogP) is 3.51. The van der Waals surface area contributed by atoms with E-state index in [1.165, 1.54) is 13.4 Å². The van der Waals surface area contributed by atoms with Crippen LogP contribution in [-0.2, 0) is 0 Å². The van der Waals surface area contributed by atoms with Crippen molar-refractivity contribution in [2.45, 2.75) is 0 Å². The number of hydrogen-bond acceptors (Lipinski definition) is 0. The summed E-state index contributed by atoms with van der Waals surface area (Å²) >= 11 is 11.4. The summed E-state index contributed by atoms with van der Waals surface area (Å²) < 4.78 is 3.69. The van der Waals surface area contributed by atoms with E-state index in [0.29, 0.717) is 0 Å². The molecular formula is C18H13Cl2Se. The zero-order chi connectivity index (χ0) is 14.7. The van der Waals surface area contributed by atoms with Gasteiger partial charge in [-0.05, 0) is 0 Å². The Bertz CT molecular complexity index is 695. The number of hydrogen-bond donors (Lipinski definition) is 0. The fourth-order valence-electron chi connectivity index (χ4n) is 2.15. The molecule has 0 amide bonds. The average Bonchev–Trinajstić information content (AvgIpc) is 2.52. The minimum atomic E-state index is -1.48. The standard InChI is InChI=1S/C18H13Cl2Se/c19-15-10-4-6-12-17(15)21(14-8-2-1-3-9-14)18-13-7-5-11-16(18)20/h1-13H. The molecule has 0 heterocycles. The Morgan fingerprint density at radius 3 is 1.43 bits per heavy atom. The summed E-state index contributed by atoms with van der Waals surface area (Å²) in [6.45, 7) is 0. The Morgan fingerprint density at radius 2 is 0.952 bits per heavy atom. The Kier molecular flexibility index (Phi) is 4.67. The maximum absolute atomic E-state index is 6.46. The third-order valence-electron chi connectivity index (χ3n) is 3.09. The van der Waals surface area contributed by atoms with Crippen molar-refractivity contribution in [2.24, 2.45) is 0 Å². The fraction of sp³-hybridized carbons (Fsp3) is 0. The molecule has 3 rings (SSSR count). The Labute approximate surface area is 139 Å². The summed E-state index contributed by atoms with van der Waals surface area (Å²) in [5.41, 5.74) is 0. The van der Waals surface area contributed by atoms with Crippen molar-refractivity contribution in [3.63, 3.8) is 0 Å². The van der Waals surface area contributed by atoms with Gasteiger partial charge in [0.1, 0.15) is 0 Å². The molecule has 0 aromatic heterocycles. The predicted molar refractivity (Wildman–Crippen MR) is 94.0 cm³/mol. The van der Waals surface area contributed by atoms with Crippen LogP contribution in [0.15, 0.2) is 78.9 Å². The first kappa shape index (κ1) is 14.7. The van der Waals surface area contributed by atoms with Crippen LogP contribution in [0.2, 0.25) is 10.0 Å². The van der Waals surface area contributed by atoms with Crippen LogP contribution in [-0.4, -0.2) is 13.9 Å². The van der Waals surface area contributed by atoms with Crippen molar-refractivity contribution >= 4 is 50.5 Å². The molecule has 3 aromatic rings. The molecule has 3 aromatic carbocycles. The van der Waals surface area contributed by atoms with Crippen LogP contribution in [0.5, 0.6) is 0 Å². The molecule has 0 bridgehead atoms. The van der Waals surface area contributed by atoms with E-state index in [1.54, 1.807) is 0 Å². The van der Waals surface area contributed by atoms with Gasteiger partial charge < -0.3 is 0 Å². The molecule has 0 spiro atoms. The zero-order valence-corrected chi connectivity index (χ0v) is 14.4. The third kappa shape index (κ3) is 3.17. The van der Waals surface area contributed by atoms with E-state index in [0.717, 1.165) is 10.0 Å². The second-order valence-electron chi connectivity index (χ2n) is 4.48. The second kappa shape index (κ2) is 6.68. The molecule has 0 aliphatic rings. The van der Waals surface area contributed by atoms with E-state index >= 15 is 0 Å². The first-order valence-electron chi connectivity index (χ1n) is 6.56. The van der Waals surface area contributed by atoms with Crippen LogP contribution < -0.4 is 13.4 Å². The first-order valence-corrected chi connectivity index (χ1v) is 9.88. The van der Waals surface area contributed by atoms with Gasteiger partial charge in [0, 0.05) is 0 Å². The van der Waals surface area contributed by atoms with Crippen molar-refractivity contribution in [2.75, 3.05) is 0 Å². The summed E-state index contributed by atoms with van der Waals surface area (Å²) in [5, 5.41) is 1.62. The van der Waals surface area contributed by atoms with Crippen LogP contribution in [0.4, 0.5) is 0 Å². The Hall–Kier alpha value is -1.24. The fourth-order valence-corrected chi connectivity index (χ4v) is 7.69. The van der Waals surface area contributed by atoms with E-state index in [1.807, 2.05) is 42.5 Å².